The van der Waals surface area contributed by atoms with E-state index < -0.39 is 55.1 Å². The van der Waals surface area contributed by atoms with E-state index in [1.54, 1.807) is 31.7 Å². The van der Waals surface area contributed by atoms with Crippen molar-refractivity contribution in [3.8, 4) is 11.5 Å². The lowest BCUT2D eigenvalue weighted by molar-refractivity contribution is -0.140. The first-order chi connectivity index (χ1) is 17.8. The number of amides is 2. The minimum absolute atomic E-state index is 0.00676. The van der Waals surface area contributed by atoms with Crippen LogP contribution < -0.4 is 14.8 Å². The molecule has 3 N–H and O–H groups in total. The number of rotatable bonds is 10. The van der Waals surface area contributed by atoms with Gasteiger partial charge in [0.25, 0.3) is 5.91 Å². The number of carboxylic acid groups (broad SMARTS) is 2. The molecule has 1 aromatic heterocycles. The normalized spacial score (nSPS) is 12.8. The van der Waals surface area contributed by atoms with Gasteiger partial charge in [0, 0.05) is 17.5 Å². The molecule has 1 aliphatic heterocycles. The quantitative estimate of drug-likeness (QED) is 0.375. The van der Waals surface area contributed by atoms with Crippen molar-refractivity contribution in [3.63, 3.8) is 0 Å². The second kappa shape index (κ2) is 11.9. The molecule has 1 aromatic carbocycles. The lowest BCUT2D eigenvalue weighted by Gasteiger charge is -2.29. The summed E-state index contributed by atoms with van der Waals surface area (Å²) in [7, 11) is 0. The zero-order chi connectivity index (χ0) is 28.0. The van der Waals surface area contributed by atoms with Crippen molar-refractivity contribution in [1.29, 1.82) is 0 Å². The molecule has 3 rings (SSSR count). The first-order valence-corrected chi connectivity index (χ1v) is 12.4. The third-order valence-electron chi connectivity index (χ3n) is 5.12. The fraction of sp³-hybridized carbons (Fsp3) is 0.400. The van der Waals surface area contributed by atoms with Crippen LogP contribution >= 0.6 is 11.3 Å². The SMILES string of the molecule is CC(C)(C)OC(=O)N1CCc2sc(C(=O)NCC(=O)c3ccc(OCC(=O)O)cc3OCC(=O)O)cc2C1. The van der Waals surface area contributed by atoms with Crippen LogP contribution in [0.5, 0.6) is 11.5 Å². The number of nitrogens with one attached hydrogen (secondary N) is 1. The van der Waals surface area contributed by atoms with Crippen molar-refractivity contribution in [2.75, 3.05) is 26.3 Å². The summed E-state index contributed by atoms with van der Waals surface area (Å²) in [4.78, 5) is 62.6. The average molecular weight is 549 g/mol. The van der Waals surface area contributed by atoms with E-state index in [4.69, 9.17) is 24.4 Å². The molecule has 0 radical (unpaired) electrons. The first kappa shape index (κ1) is 28.4. The van der Waals surface area contributed by atoms with E-state index in [-0.39, 0.29) is 17.1 Å². The van der Waals surface area contributed by atoms with Crippen molar-refractivity contribution in [2.45, 2.75) is 39.3 Å². The molecule has 1 aliphatic rings. The number of carbonyl (C=O) groups excluding carboxylic acids is 3. The fourth-order valence-corrected chi connectivity index (χ4v) is 4.58. The highest BCUT2D eigenvalue weighted by Crippen LogP contribution is 2.29. The van der Waals surface area contributed by atoms with Crippen LogP contribution in [-0.2, 0) is 27.3 Å². The molecule has 0 aliphatic carbocycles. The molecule has 2 aromatic rings. The fourth-order valence-electron chi connectivity index (χ4n) is 3.50. The monoisotopic (exact) mass is 548 g/mol. The molecular formula is C25H28N2O10S. The number of Topliss-reactive ketones (excluding diaryl/α,β-unsaturated/α-hetero) is 1. The molecule has 204 valence electrons. The number of ketones is 1. The Morgan fingerprint density at radius 2 is 1.71 bits per heavy atom. The number of hydrogen-bond acceptors (Lipinski definition) is 9. The molecule has 13 heteroatoms. The maximum atomic E-state index is 12.8. The summed E-state index contributed by atoms with van der Waals surface area (Å²) in [5.41, 5.74) is 0.214. The van der Waals surface area contributed by atoms with Gasteiger partial charge in [-0.15, -0.1) is 11.3 Å². The largest absolute Gasteiger partial charge is 0.482 e. The molecule has 0 spiro atoms. The zero-order valence-corrected chi connectivity index (χ0v) is 21.9. The summed E-state index contributed by atoms with van der Waals surface area (Å²) in [5, 5.41) is 20.2. The van der Waals surface area contributed by atoms with Gasteiger partial charge < -0.3 is 34.6 Å². The van der Waals surface area contributed by atoms with Gasteiger partial charge in [-0.05, 0) is 51.0 Å². The predicted molar refractivity (Wildman–Crippen MR) is 134 cm³/mol. The van der Waals surface area contributed by atoms with Crippen LogP contribution in [0.15, 0.2) is 24.3 Å². The highest BCUT2D eigenvalue weighted by molar-refractivity contribution is 7.14. The standard InChI is InChI=1S/C25H28N2O10S/c1-25(2,3)37-24(34)27-7-6-19-14(11-27)8-20(38-19)23(33)26-10-17(28)16-5-4-15(35-12-21(29)30)9-18(16)36-13-22(31)32/h4-5,8-9H,6-7,10-13H2,1-3H3,(H,26,33)(H,29,30)(H,31,32). The van der Waals surface area contributed by atoms with Gasteiger partial charge in [-0.25, -0.2) is 14.4 Å². The van der Waals surface area contributed by atoms with Gasteiger partial charge in [0.05, 0.1) is 23.5 Å². The van der Waals surface area contributed by atoms with Crippen molar-refractivity contribution in [1.82, 2.24) is 10.2 Å². The zero-order valence-electron chi connectivity index (χ0n) is 21.1. The lowest BCUT2D eigenvalue weighted by Crippen LogP contribution is -2.39. The second-order valence-corrected chi connectivity index (χ2v) is 10.5. The summed E-state index contributed by atoms with van der Waals surface area (Å²) in [6, 6.07) is 5.55. The summed E-state index contributed by atoms with van der Waals surface area (Å²) < 4.78 is 15.6. The molecule has 0 atom stereocenters. The molecule has 0 unspecified atom stereocenters. The number of aliphatic carboxylic acids is 2. The van der Waals surface area contributed by atoms with Gasteiger partial charge in [-0.3, -0.25) is 9.59 Å². The molecule has 0 saturated carbocycles. The molecule has 12 nitrogen and oxygen atoms in total. The van der Waals surface area contributed by atoms with E-state index in [2.05, 4.69) is 5.32 Å². The van der Waals surface area contributed by atoms with Gasteiger partial charge in [0.15, 0.2) is 19.0 Å². The van der Waals surface area contributed by atoms with Crippen LogP contribution in [-0.4, -0.2) is 76.7 Å². The number of ether oxygens (including phenoxy) is 3. The Balaban J connectivity index is 1.65. The van der Waals surface area contributed by atoms with Crippen molar-refractivity contribution in [2.24, 2.45) is 0 Å². The number of thiophene rings is 1. The number of carbonyl (C=O) groups is 5. The van der Waals surface area contributed by atoms with E-state index in [1.165, 1.54) is 29.5 Å². The van der Waals surface area contributed by atoms with Crippen LogP contribution in [0, 0.1) is 0 Å². The van der Waals surface area contributed by atoms with Gasteiger partial charge in [0.2, 0.25) is 0 Å². The van der Waals surface area contributed by atoms with Crippen molar-refractivity contribution in [3.05, 3.63) is 45.1 Å². The number of fused-ring (bicyclic) bond motifs is 1. The minimum Gasteiger partial charge on any atom is -0.482 e. The van der Waals surface area contributed by atoms with Crippen molar-refractivity contribution < 1.29 is 48.4 Å². The van der Waals surface area contributed by atoms with E-state index in [0.29, 0.717) is 24.4 Å². The molecule has 2 amide bonds. The highest BCUT2D eigenvalue weighted by Gasteiger charge is 2.28. The Hall–Kier alpha value is -4.13. The molecule has 0 fully saturated rings. The minimum atomic E-state index is -1.28. The van der Waals surface area contributed by atoms with Crippen LogP contribution in [0.3, 0.4) is 0 Å². The lowest BCUT2D eigenvalue weighted by atomic mass is 10.1. The molecule has 2 heterocycles. The average Bonchev–Trinajstić information content (AvgIpc) is 3.27. The smallest absolute Gasteiger partial charge is 0.410 e. The van der Waals surface area contributed by atoms with Crippen LogP contribution in [0.1, 0.15) is 51.2 Å². The Morgan fingerprint density at radius 1 is 1.03 bits per heavy atom. The van der Waals surface area contributed by atoms with E-state index in [1.807, 2.05) is 0 Å². The molecule has 0 bridgehead atoms. The van der Waals surface area contributed by atoms with Crippen molar-refractivity contribution >= 4 is 41.1 Å². The maximum Gasteiger partial charge on any atom is 0.410 e. The third kappa shape index (κ3) is 7.93. The van der Waals surface area contributed by atoms with Crippen LogP contribution in [0.4, 0.5) is 4.79 Å². The summed E-state index contributed by atoms with van der Waals surface area (Å²) in [6.07, 6.45) is 0.151. The van der Waals surface area contributed by atoms with Gasteiger partial charge in [-0.1, -0.05) is 0 Å². The molecular weight excluding hydrogens is 520 g/mol. The third-order valence-corrected chi connectivity index (χ3v) is 6.35. The highest BCUT2D eigenvalue weighted by atomic mass is 32.1. The van der Waals surface area contributed by atoms with Crippen LogP contribution in [0.25, 0.3) is 0 Å². The Morgan fingerprint density at radius 3 is 2.37 bits per heavy atom. The van der Waals surface area contributed by atoms with Gasteiger partial charge in [-0.2, -0.15) is 0 Å². The number of benzene rings is 1. The van der Waals surface area contributed by atoms with Crippen LogP contribution in [0.2, 0.25) is 0 Å². The molecule has 0 saturated heterocycles. The Bertz CT molecular complexity index is 1250. The maximum absolute atomic E-state index is 12.8. The van der Waals surface area contributed by atoms with E-state index >= 15 is 0 Å². The predicted octanol–water partition coefficient (Wildman–Crippen LogP) is 2.58. The van der Waals surface area contributed by atoms with E-state index in [0.717, 1.165) is 10.4 Å². The number of carboxylic acids is 2. The Labute approximate surface area is 222 Å². The van der Waals surface area contributed by atoms with Gasteiger partial charge in [0.1, 0.15) is 17.1 Å². The number of nitrogens with zero attached hydrogens (tertiary/aromatic N) is 1. The summed E-state index contributed by atoms with van der Waals surface area (Å²) in [6.45, 7) is 4.37. The Kier molecular flexibility index (Phi) is 8.94. The van der Waals surface area contributed by atoms with Gasteiger partial charge >= 0.3 is 18.0 Å². The number of hydrogen-bond donors (Lipinski definition) is 3. The van der Waals surface area contributed by atoms with E-state index in [9.17, 15) is 24.0 Å². The second-order valence-electron chi connectivity index (χ2n) is 9.34. The topological polar surface area (TPSA) is 169 Å². The first-order valence-electron chi connectivity index (χ1n) is 11.6. The summed E-state index contributed by atoms with van der Waals surface area (Å²) >= 11 is 1.29. The summed E-state index contributed by atoms with van der Waals surface area (Å²) in [5.74, 6) is -3.58. The molecule has 38 heavy (non-hydrogen) atoms.